The summed E-state index contributed by atoms with van der Waals surface area (Å²) in [6, 6.07) is 3.87. The molecule has 114 valence electrons. The van der Waals surface area contributed by atoms with E-state index in [9.17, 15) is 0 Å². The molecule has 0 aliphatic heterocycles. The van der Waals surface area contributed by atoms with Crippen LogP contribution in [0, 0.1) is 13.8 Å². The van der Waals surface area contributed by atoms with Crippen LogP contribution in [0.25, 0.3) is 5.69 Å². The Morgan fingerprint density at radius 1 is 1.33 bits per heavy atom. The minimum atomic E-state index is 0.702. The van der Waals surface area contributed by atoms with E-state index in [1.54, 1.807) is 7.11 Å². The number of nitrogens with one attached hydrogen (secondary N) is 1. The predicted molar refractivity (Wildman–Crippen MR) is 88.0 cm³/mol. The molecule has 1 aromatic heterocycles. The Morgan fingerprint density at radius 2 is 2.10 bits per heavy atom. The van der Waals surface area contributed by atoms with Gasteiger partial charge in [0.2, 0.25) is 5.95 Å². The van der Waals surface area contributed by atoms with E-state index in [0.29, 0.717) is 5.02 Å². The Kier molecular flexibility index (Phi) is 5.12. The van der Waals surface area contributed by atoms with Gasteiger partial charge in [0, 0.05) is 23.8 Å². The van der Waals surface area contributed by atoms with E-state index >= 15 is 0 Å². The molecule has 0 aliphatic carbocycles. The van der Waals surface area contributed by atoms with Gasteiger partial charge in [-0.1, -0.05) is 24.9 Å². The Hall–Kier alpha value is -1.68. The van der Waals surface area contributed by atoms with Crippen molar-refractivity contribution in [3.8, 4) is 11.4 Å². The van der Waals surface area contributed by atoms with Gasteiger partial charge in [-0.2, -0.15) is 0 Å². The van der Waals surface area contributed by atoms with Gasteiger partial charge in [0.15, 0.2) is 0 Å². The standard InChI is InChI=1S/C16H22ClN3O/c1-5-6-7-18-16-19-12(3)10-20(16)14-8-11(2)13(17)9-15(14)21-4/h8-10H,5-7H2,1-4H3,(H,18,19). The van der Waals surface area contributed by atoms with Crippen molar-refractivity contribution in [2.75, 3.05) is 19.0 Å². The van der Waals surface area contributed by atoms with Crippen molar-refractivity contribution < 1.29 is 4.74 Å². The van der Waals surface area contributed by atoms with Gasteiger partial charge in [-0.05, 0) is 31.9 Å². The van der Waals surface area contributed by atoms with E-state index in [1.807, 2.05) is 36.7 Å². The molecular formula is C16H22ClN3O. The van der Waals surface area contributed by atoms with E-state index in [1.165, 1.54) is 0 Å². The van der Waals surface area contributed by atoms with Crippen molar-refractivity contribution >= 4 is 17.5 Å². The summed E-state index contributed by atoms with van der Waals surface area (Å²) in [4.78, 5) is 4.55. The summed E-state index contributed by atoms with van der Waals surface area (Å²) >= 11 is 6.18. The largest absolute Gasteiger partial charge is 0.495 e. The highest BCUT2D eigenvalue weighted by molar-refractivity contribution is 6.31. The molecule has 0 spiro atoms. The van der Waals surface area contributed by atoms with Crippen LogP contribution in [-0.2, 0) is 0 Å². The van der Waals surface area contributed by atoms with Gasteiger partial charge in [0.05, 0.1) is 18.5 Å². The maximum absolute atomic E-state index is 6.18. The van der Waals surface area contributed by atoms with Crippen LogP contribution < -0.4 is 10.1 Å². The first-order chi connectivity index (χ1) is 10.1. The second-order valence-corrected chi connectivity index (χ2v) is 5.54. The Labute approximate surface area is 131 Å². The van der Waals surface area contributed by atoms with Crippen molar-refractivity contribution in [3.05, 3.63) is 34.6 Å². The molecule has 0 saturated heterocycles. The van der Waals surface area contributed by atoms with Gasteiger partial charge in [0.1, 0.15) is 5.75 Å². The van der Waals surface area contributed by atoms with Crippen LogP contribution in [0.1, 0.15) is 31.0 Å². The van der Waals surface area contributed by atoms with Crippen LogP contribution in [0.5, 0.6) is 5.75 Å². The molecule has 1 heterocycles. The number of hydrogen-bond acceptors (Lipinski definition) is 3. The monoisotopic (exact) mass is 307 g/mol. The fraction of sp³-hybridized carbons (Fsp3) is 0.438. The van der Waals surface area contributed by atoms with E-state index in [2.05, 4.69) is 17.2 Å². The molecule has 0 fully saturated rings. The van der Waals surface area contributed by atoms with Crippen molar-refractivity contribution in [1.29, 1.82) is 0 Å². The predicted octanol–water partition coefficient (Wildman–Crippen LogP) is 4.36. The molecule has 4 nitrogen and oxygen atoms in total. The molecule has 0 atom stereocenters. The number of imidazole rings is 1. The topological polar surface area (TPSA) is 39.1 Å². The summed E-state index contributed by atoms with van der Waals surface area (Å²) < 4.78 is 7.49. The molecule has 1 aromatic carbocycles. The summed E-state index contributed by atoms with van der Waals surface area (Å²) in [6.45, 7) is 7.04. The van der Waals surface area contributed by atoms with Crippen LogP contribution in [0.3, 0.4) is 0 Å². The minimum absolute atomic E-state index is 0.702. The van der Waals surface area contributed by atoms with Crippen molar-refractivity contribution in [2.24, 2.45) is 0 Å². The van der Waals surface area contributed by atoms with Crippen LogP contribution in [-0.4, -0.2) is 23.2 Å². The van der Waals surface area contributed by atoms with Gasteiger partial charge in [0.25, 0.3) is 0 Å². The number of hydrogen-bond donors (Lipinski definition) is 1. The molecule has 21 heavy (non-hydrogen) atoms. The quantitative estimate of drug-likeness (QED) is 0.806. The second kappa shape index (κ2) is 6.85. The summed E-state index contributed by atoms with van der Waals surface area (Å²) in [5.74, 6) is 1.57. The normalized spacial score (nSPS) is 10.7. The lowest BCUT2D eigenvalue weighted by Gasteiger charge is -2.14. The summed E-state index contributed by atoms with van der Waals surface area (Å²) in [7, 11) is 1.65. The molecule has 0 unspecified atom stereocenters. The second-order valence-electron chi connectivity index (χ2n) is 5.13. The van der Waals surface area contributed by atoms with Crippen LogP contribution in [0.15, 0.2) is 18.3 Å². The Bertz CT molecular complexity index is 622. The van der Waals surface area contributed by atoms with Gasteiger partial charge in [-0.15, -0.1) is 0 Å². The number of aryl methyl sites for hydroxylation is 2. The lowest BCUT2D eigenvalue weighted by molar-refractivity contribution is 0.413. The number of halogens is 1. The van der Waals surface area contributed by atoms with Crippen LogP contribution in [0.2, 0.25) is 5.02 Å². The summed E-state index contributed by atoms with van der Waals surface area (Å²) in [5.41, 5.74) is 2.92. The van der Waals surface area contributed by atoms with Gasteiger partial charge >= 0.3 is 0 Å². The third-order valence-corrected chi connectivity index (χ3v) is 3.77. The first-order valence-electron chi connectivity index (χ1n) is 7.21. The summed E-state index contributed by atoms with van der Waals surface area (Å²) in [6.07, 6.45) is 4.26. The molecule has 0 aliphatic rings. The SMILES string of the molecule is CCCCNc1nc(C)cn1-c1cc(C)c(Cl)cc1OC. The highest BCUT2D eigenvalue weighted by atomic mass is 35.5. The van der Waals surface area contributed by atoms with Gasteiger partial charge in [-0.25, -0.2) is 4.98 Å². The number of aromatic nitrogens is 2. The average molecular weight is 308 g/mol. The number of benzene rings is 1. The third kappa shape index (κ3) is 3.50. The molecule has 2 rings (SSSR count). The molecule has 1 N–H and O–H groups in total. The number of nitrogens with zero attached hydrogens (tertiary/aromatic N) is 2. The fourth-order valence-electron chi connectivity index (χ4n) is 2.18. The first-order valence-corrected chi connectivity index (χ1v) is 7.59. The minimum Gasteiger partial charge on any atom is -0.495 e. The first kappa shape index (κ1) is 15.7. The van der Waals surface area contributed by atoms with E-state index in [4.69, 9.17) is 16.3 Å². The number of anilines is 1. The number of ether oxygens (including phenoxy) is 1. The van der Waals surface area contributed by atoms with E-state index in [0.717, 1.165) is 48.0 Å². The number of rotatable bonds is 6. The number of methoxy groups -OCH3 is 1. The molecular weight excluding hydrogens is 286 g/mol. The smallest absolute Gasteiger partial charge is 0.207 e. The van der Waals surface area contributed by atoms with Crippen molar-refractivity contribution in [3.63, 3.8) is 0 Å². The van der Waals surface area contributed by atoms with Crippen LogP contribution >= 0.6 is 11.6 Å². The lowest BCUT2D eigenvalue weighted by atomic mass is 10.2. The Morgan fingerprint density at radius 3 is 2.76 bits per heavy atom. The molecule has 5 heteroatoms. The van der Waals surface area contributed by atoms with E-state index in [-0.39, 0.29) is 0 Å². The highest BCUT2D eigenvalue weighted by Crippen LogP contribution is 2.31. The van der Waals surface area contributed by atoms with Gasteiger partial charge in [-0.3, -0.25) is 4.57 Å². The van der Waals surface area contributed by atoms with Crippen LogP contribution in [0.4, 0.5) is 5.95 Å². The molecule has 0 amide bonds. The Balaban J connectivity index is 2.43. The zero-order valence-electron chi connectivity index (χ0n) is 13.0. The maximum Gasteiger partial charge on any atom is 0.207 e. The van der Waals surface area contributed by atoms with E-state index < -0.39 is 0 Å². The highest BCUT2D eigenvalue weighted by Gasteiger charge is 2.13. The number of unbranched alkanes of at least 4 members (excludes halogenated alkanes) is 1. The maximum atomic E-state index is 6.18. The zero-order chi connectivity index (χ0) is 15.4. The zero-order valence-corrected chi connectivity index (χ0v) is 13.8. The molecule has 2 aromatic rings. The molecule has 0 bridgehead atoms. The summed E-state index contributed by atoms with van der Waals surface area (Å²) in [5, 5.41) is 4.08. The average Bonchev–Trinajstić information content (AvgIpc) is 2.82. The van der Waals surface area contributed by atoms with Gasteiger partial charge < -0.3 is 10.1 Å². The lowest BCUT2D eigenvalue weighted by Crippen LogP contribution is -2.08. The fourth-order valence-corrected chi connectivity index (χ4v) is 2.34. The van der Waals surface area contributed by atoms with Crippen molar-refractivity contribution in [2.45, 2.75) is 33.6 Å². The molecule has 0 saturated carbocycles. The van der Waals surface area contributed by atoms with Crippen molar-refractivity contribution in [1.82, 2.24) is 9.55 Å². The molecule has 0 radical (unpaired) electrons. The third-order valence-electron chi connectivity index (χ3n) is 3.36.